The minimum absolute atomic E-state index is 0.0250. The topological polar surface area (TPSA) is 129 Å². The van der Waals surface area contributed by atoms with E-state index in [-0.39, 0.29) is 24.1 Å². The van der Waals surface area contributed by atoms with Gasteiger partial charge in [0.25, 0.3) is 5.91 Å². The molecule has 0 radical (unpaired) electrons. The summed E-state index contributed by atoms with van der Waals surface area (Å²) in [6, 6.07) is 8.01. The second-order valence-corrected chi connectivity index (χ2v) is 10.3. The second kappa shape index (κ2) is 12.2. The normalized spacial score (nSPS) is 20.9. The fourth-order valence-electron chi connectivity index (χ4n) is 4.85. The summed E-state index contributed by atoms with van der Waals surface area (Å²) in [4.78, 5) is 26.0. The molecule has 2 aliphatic rings. The zero-order valence-electron chi connectivity index (χ0n) is 22.1. The number of carbonyl (C=O) groups excluding carboxylic acids is 1. The first kappa shape index (κ1) is 27.3. The molecule has 0 saturated carbocycles. The zero-order chi connectivity index (χ0) is 26.5. The number of aryl methyl sites for hydroxylation is 2. The Bertz CT molecular complexity index is 1230. The van der Waals surface area contributed by atoms with Crippen molar-refractivity contribution >= 4 is 39.0 Å². The van der Waals surface area contributed by atoms with E-state index < -0.39 is 0 Å². The van der Waals surface area contributed by atoms with Crippen molar-refractivity contribution < 1.29 is 14.3 Å². The van der Waals surface area contributed by atoms with Crippen molar-refractivity contribution in [3.63, 3.8) is 0 Å². The highest BCUT2D eigenvalue weighted by Crippen LogP contribution is 2.33. The van der Waals surface area contributed by atoms with Crippen molar-refractivity contribution in [2.45, 2.75) is 58.2 Å². The van der Waals surface area contributed by atoms with Gasteiger partial charge in [0.05, 0.1) is 31.0 Å². The van der Waals surface area contributed by atoms with Gasteiger partial charge in [-0.05, 0) is 49.9 Å². The minimum Gasteiger partial charge on any atom is -0.397 e. The number of nitrogens with zero attached hydrogens (tertiary/aromatic N) is 3. The molecule has 200 valence electrons. The summed E-state index contributed by atoms with van der Waals surface area (Å²) in [6.07, 6.45) is 2.37. The number of amides is 1. The summed E-state index contributed by atoms with van der Waals surface area (Å²) in [7, 11) is 1.66. The fourth-order valence-corrected chi connectivity index (χ4v) is 5.90. The Balaban J connectivity index is 0.00000156. The van der Waals surface area contributed by atoms with Crippen molar-refractivity contribution in [3.8, 4) is 0 Å². The molecule has 1 aliphatic carbocycles. The molecule has 4 heterocycles. The summed E-state index contributed by atoms with van der Waals surface area (Å²) in [5.41, 5.74) is 16.2. The minimum atomic E-state index is -0.133. The van der Waals surface area contributed by atoms with E-state index in [4.69, 9.17) is 25.9 Å². The number of rotatable bonds is 7. The van der Waals surface area contributed by atoms with Crippen molar-refractivity contribution in [1.82, 2.24) is 15.3 Å². The van der Waals surface area contributed by atoms with E-state index in [9.17, 15) is 4.79 Å². The Morgan fingerprint density at radius 2 is 2.00 bits per heavy atom. The van der Waals surface area contributed by atoms with Crippen LogP contribution in [0.2, 0.25) is 0 Å². The van der Waals surface area contributed by atoms with Crippen molar-refractivity contribution in [2.24, 2.45) is 5.73 Å². The number of carbonyl (C=O) groups is 1. The Hall–Kier alpha value is -2.79. The van der Waals surface area contributed by atoms with Crippen molar-refractivity contribution in [3.05, 3.63) is 46.1 Å². The third-order valence-corrected chi connectivity index (χ3v) is 7.89. The van der Waals surface area contributed by atoms with Crippen LogP contribution < -0.4 is 21.7 Å². The molecular weight excluding hydrogens is 488 g/mol. The van der Waals surface area contributed by atoms with E-state index in [1.165, 1.54) is 16.9 Å². The van der Waals surface area contributed by atoms with Crippen LogP contribution in [0, 0.1) is 6.92 Å². The number of methoxy groups -OCH3 is 1. The number of ether oxygens (including phenoxy) is 2. The molecule has 5 N–H and O–H groups in total. The van der Waals surface area contributed by atoms with Crippen LogP contribution in [0.1, 0.15) is 46.9 Å². The fraction of sp³-hybridized carbons (Fsp3) is 0.519. The maximum absolute atomic E-state index is 13.0. The summed E-state index contributed by atoms with van der Waals surface area (Å²) < 4.78 is 10.9. The van der Waals surface area contributed by atoms with E-state index >= 15 is 0 Å². The van der Waals surface area contributed by atoms with Crippen LogP contribution >= 0.6 is 11.3 Å². The summed E-state index contributed by atoms with van der Waals surface area (Å²) in [5.74, 6) is 0.798. The average molecular weight is 527 g/mol. The van der Waals surface area contributed by atoms with Crippen LogP contribution in [0.25, 0.3) is 10.2 Å². The number of nitrogens with one attached hydrogen (secondary N) is 1. The highest BCUT2D eigenvalue weighted by atomic mass is 32.1. The van der Waals surface area contributed by atoms with E-state index in [2.05, 4.69) is 21.3 Å². The largest absolute Gasteiger partial charge is 0.397 e. The number of hydrogen-bond acceptors (Lipinski definition) is 9. The molecule has 37 heavy (non-hydrogen) atoms. The maximum Gasteiger partial charge on any atom is 0.263 e. The van der Waals surface area contributed by atoms with E-state index in [1.807, 2.05) is 39.0 Å². The number of aromatic nitrogens is 2. The first-order chi connectivity index (χ1) is 17.9. The van der Waals surface area contributed by atoms with E-state index in [0.717, 1.165) is 53.2 Å². The average Bonchev–Trinajstić information content (AvgIpc) is 3.44. The molecule has 0 bridgehead atoms. The first-order valence-electron chi connectivity index (χ1n) is 13.0. The molecular formula is C27H38N6O3S. The lowest BCUT2D eigenvalue weighted by Gasteiger charge is -2.26. The lowest BCUT2D eigenvalue weighted by atomic mass is 9.91. The lowest BCUT2D eigenvalue weighted by molar-refractivity contribution is 0.0212. The number of nitrogens with two attached hydrogens (primary N) is 2. The third kappa shape index (κ3) is 6.04. The van der Waals surface area contributed by atoms with Crippen LogP contribution in [0.5, 0.6) is 0 Å². The Kier molecular flexibility index (Phi) is 8.96. The SMILES string of the molecule is CC.COCCOC1CN(c2ccc3c(n2)CCC(NC(=O)c2sc4nc(C)ccc4c2N)C3)CC1N. The summed E-state index contributed by atoms with van der Waals surface area (Å²) >= 11 is 1.35. The Morgan fingerprint density at radius 1 is 1.19 bits per heavy atom. The van der Waals surface area contributed by atoms with E-state index in [1.54, 1.807) is 7.11 Å². The molecule has 3 aromatic rings. The van der Waals surface area contributed by atoms with Crippen LogP contribution in [0.15, 0.2) is 24.3 Å². The van der Waals surface area contributed by atoms with Gasteiger partial charge in [-0.3, -0.25) is 4.79 Å². The predicted octanol–water partition coefficient (Wildman–Crippen LogP) is 3.07. The molecule has 5 rings (SSSR count). The van der Waals surface area contributed by atoms with Gasteiger partial charge < -0.3 is 31.2 Å². The Morgan fingerprint density at radius 3 is 2.78 bits per heavy atom. The summed E-state index contributed by atoms with van der Waals surface area (Å²) in [6.45, 7) is 8.47. The predicted molar refractivity (Wildman–Crippen MR) is 149 cm³/mol. The highest BCUT2D eigenvalue weighted by molar-refractivity contribution is 7.21. The second-order valence-electron chi connectivity index (χ2n) is 9.31. The number of thiophene rings is 1. The van der Waals surface area contributed by atoms with Crippen LogP contribution in [-0.2, 0) is 22.3 Å². The van der Waals surface area contributed by atoms with Crippen molar-refractivity contribution in [1.29, 1.82) is 0 Å². The number of hydrogen-bond donors (Lipinski definition) is 3. The number of pyridine rings is 2. The van der Waals surface area contributed by atoms with Gasteiger partial charge in [-0.15, -0.1) is 11.3 Å². The number of fused-ring (bicyclic) bond motifs is 2. The molecule has 10 heteroatoms. The van der Waals surface area contributed by atoms with Gasteiger partial charge >= 0.3 is 0 Å². The van der Waals surface area contributed by atoms with Gasteiger partial charge in [-0.2, -0.15) is 0 Å². The van der Waals surface area contributed by atoms with Gasteiger partial charge in [0.2, 0.25) is 0 Å². The van der Waals surface area contributed by atoms with Gasteiger partial charge in [-0.1, -0.05) is 19.9 Å². The van der Waals surface area contributed by atoms with Crippen LogP contribution in [-0.4, -0.2) is 67.5 Å². The zero-order valence-corrected chi connectivity index (χ0v) is 22.9. The molecule has 1 saturated heterocycles. The van der Waals surface area contributed by atoms with Crippen molar-refractivity contribution in [2.75, 3.05) is 44.0 Å². The van der Waals surface area contributed by atoms with Gasteiger partial charge in [0.15, 0.2) is 0 Å². The molecule has 9 nitrogen and oxygen atoms in total. The molecule has 3 atom stereocenters. The number of anilines is 2. The van der Waals surface area contributed by atoms with Gasteiger partial charge in [-0.25, -0.2) is 9.97 Å². The van der Waals surface area contributed by atoms with Gasteiger partial charge in [0, 0.05) is 43.0 Å². The maximum atomic E-state index is 13.0. The first-order valence-corrected chi connectivity index (χ1v) is 13.8. The van der Waals surface area contributed by atoms with E-state index in [0.29, 0.717) is 30.3 Å². The highest BCUT2D eigenvalue weighted by Gasteiger charge is 2.32. The standard InChI is InChI=1S/C25H32N6O3S.C2H6/c1-14-3-6-17-22(27)23(35-25(17)28-14)24(32)29-16-5-7-19-15(11-16)4-8-21(30-19)31-12-18(26)20(13-31)34-10-9-33-2;1-2/h3-4,6,8,16,18,20H,5,7,9-13,26-27H2,1-2H3,(H,29,32);1-2H3. The monoisotopic (exact) mass is 526 g/mol. The van der Waals surface area contributed by atoms with Gasteiger partial charge in [0.1, 0.15) is 15.5 Å². The smallest absolute Gasteiger partial charge is 0.263 e. The van der Waals surface area contributed by atoms with Crippen LogP contribution in [0.3, 0.4) is 0 Å². The molecule has 3 unspecified atom stereocenters. The summed E-state index contributed by atoms with van der Waals surface area (Å²) in [5, 5.41) is 4.02. The molecule has 1 fully saturated rings. The molecule has 1 aliphatic heterocycles. The Labute approximate surface area is 222 Å². The molecule has 1 amide bonds. The molecule has 0 spiro atoms. The third-order valence-electron chi connectivity index (χ3n) is 6.78. The lowest BCUT2D eigenvalue weighted by Crippen LogP contribution is -2.39. The quantitative estimate of drug-likeness (QED) is 0.401. The number of nitrogen functional groups attached to an aromatic ring is 1. The van der Waals surface area contributed by atoms with Crippen LogP contribution in [0.4, 0.5) is 11.5 Å². The molecule has 3 aromatic heterocycles. The molecule has 0 aromatic carbocycles.